The highest BCUT2D eigenvalue weighted by molar-refractivity contribution is 5.94. The summed E-state index contributed by atoms with van der Waals surface area (Å²) in [5.74, 6) is -0.557. The van der Waals surface area contributed by atoms with Crippen LogP contribution < -0.4 is 10.6 Å². The summed E-state index contributed by atoms with van der Waals surface area (Å²) in [5, 5.41) is 5.93. The van der Waals surface area contributed by atoms with Crippen LogP contribution in [0.2, 0.25) is 0 Å². The van der Waals surface area contributed by atoms with Crippen LogP contribution in [0.3, 0.4) is 0 Å². The Hall–Kier alpha value is -1.95. The molecule has 1 aromatic carbocycles. The lowest BCUT2D eigenvalue weighted by molar-refractivity contribution is -0.122. The predicted molar refractivity (Wildman–Crippen MR) is 84.5 cm³/mol. The molecule has 0 spiro atoms. The van der Waals surface area contributed by atoms with Gasteiger partial charge in [0.2, 0.25) is 5.91 Å². The van der Waals surface area contributed by atoms with Gasteiger partial charge in [-0.2, -0.15) is 0 Å². The number of rotatable bonds is 5. The number of hydrogen-bond donors (Lipinski definition) is 2. The summed E-state index contributed by atoms with van der Waals surface area (Å²) in [7, 11) is 0. The fourth-order valence-electron chi connectivity index (χ4n) is 2.84. The maximum absolute atomic E-state index is 13.1. The summed E-state index contributed by atoms with van der Waals surface area (Å²) < 4.78 is 13.1. The molecule has 1 saturated heterocycles. The molecule has 1 aliphatic carbocycles. The zero-order valence-corrected chi connectivity index (χ0v) is 13.1. The van der Waals surface area contributed by atoms with Crippen LogP contribution >= 0.6 is 0 Å². The largest absolute Gasteiger partial charge is 0.352 e. The van der Waals surface area contributed by atoms with Crippen LogP contribution in [0.1, 0.15) is 36.0 Å². The average Bonchev–Trinajstić information content (AvgIpc) is 3.33. The molecule has 2 N–H and O–H groups in total. The van der Waals surface area contributed by atoms with Crippen molar-refractivity contribution in [2.75, 3.05) is 19.6 Å². The first kappa shape index (κ1) is 15.9. The van der Waals surface area contributed by atoms with Crippen LogP contribution in [0.4, 0.5) is 4.39 Å². The van der Waals surface area contributed by atoms with E-state index in [9.17, 15) is 14.0 Å². The Kier molecular flexibility index (Phi) is 4.91. The summed E-state index contributed by atoms with van der Waals surface area (Å²) in [5.41, 5.74) is 0.344. The first-order valence-electron chi connectivity index (χ1n) is 8.18. The molecule has 1 aliphatic heterocycles. The van der Waals surface area contributed by atoms with Crippen molar-refractivity contribution >= 4 is 11.8 Å². The number of piperidine rings is 1. The van der Waals surface area contributed by atoms with Crippen molar-refractivity contribution in [2.24, 2.45) is 0 Å². The Bertz CT molecular complexity index is 581. The zero-order chi connectivity index (χ0) is 16.2. The van der Waals surface area contributed by atoms with E-state index in [1.165, 1.54) is 18.2 Å². The van der Waals surface area contributed by atoms with Crippen molar-refractivity contribution in [1.82, 2.24) is 15.5 Å². The third kappa shape index (κ3) is 4.76. The van der Waals surface area contributed by atoms with Gasteiger partial charge in [-0.3, -0.25) is 14.5 Å². The second kappa shape index (κ2) is 7.08. The maximum Gasteiger partial charge on any atom is 0.251 e. The van der Waals surface area contributed by atoms with Crippen molar-refractivity contribution in [3.8, 4) is 0 Å². The second-order valence-corrected chi connectivity index (χ2v) is 6.38. The van der Waals surface area contributed by atoms with Gasteiger partial charge in [0.05, 0.1) is 6.54 Å². The fraction of sp³-hybridized carbons (Fsp3) is 0.529. The number of nitrogens with zero attached hydrogens (tertiary/aromatic N) is 1. The topological polar surface area (TPSA) is 61.4 Å². The predicted octanol–water partition coefficient (Wildman–Crippen LogP) is 1.30. The van der Waals surface area contributed by atoms with Gasteiger partial charge in [0.1, 0.15) is 5.82 Å². The Morgan fingerprint density at radius 2 is 1.78 bits per heavy atom. The minimum absolute atomic E-state index is 0.0773. The van der Waals surface area contributed by atoms with E-state index in [0.717, 1.165) is 38.8 Å². The number of likely N-dealkylation sites (tertiary alicyclic amines) is 1. The molecule has 0 bridgehead atoms. The highest BCUT2D eigenvalue weighted by Gasteiger charge is 2.26. The summed E-state index contributed by atoms with van der Waals surface area (Å²) in [6.45, 7) is 2.00. The van der Waals surface area contributed by atoms with Crippen molar-refractivity contribution in [3.63, 3.8) is 0 Å². The van der Waals surface area contributed by atoms with Gasteiger partial charge >= 0.3 is 0 Å². The molecule has 6 heteroatoms. The molecule has 5 nitrogen and oxygen atoms in total. The van der Waals surface area contributed by atoms with Gasteiger partial charge in [0.25, 0.3) is 5.91 Å². The number of carbonyl (C=O) groups is 2. The van der Waals surface area contributed by atoms with E-state index in [1.54, 1.807) is 6.07 Å². The fourth-order valence-corrected chi connectivity index (χ4v) is 2.84. The second-order valence-electron chi connectivity index (χ2n) is 6.38. The molecule has 2 amide bonds. The van der Waals surface area contributed by atoms with Gasteiger partial charge in [-0.1, -0.05) is 6.07 Å². The lowest BCUT2D eigenvalue weighted by atomic mass is 10.0. The van der Waals surface area contributed by atoms with Gasteiger partial charge in [0.15, 0.2) is 0 Å². The molecule has 1 saturated carbocycles. The van der Waals surface area contributed by atoms with E-state index in [4.69, 9.17) is 0 Å². The Morgan fingerprint density at radius 3 is 2.43 bits per heavy atom. The lowest BCUT2D eigenvalue weighted by Crippen LogP contribution is -2.47. The van der Waals surface area contributed by atoms with E-state index in [1.807, 2.05) is 0 Å². The molecule has 23 heavy (non-hydrogen) atoms. The van der Waals surface area contributed by atoms with Crippen molar-refractivity contribution in [1.29, 1.82) is 0 Å². The number of amides is 2. The highest BCUT2D eigenvalue weighted by Crippen LogP contribution is 2.18. The molecule has 124 valence electrons. The van der Waals surface area contributed by atoms with Gasteiger partial charge in [-0.25, -0.2) is 4.39 Å². The molecular formula is C17H22FN3O2. The molecule has 0 unspecified atom stereocenters. The summed E-state index contributed by atoms with van der Waals surface area (Å²) in [6, 6.07) is 6.18. The van der Waals surface area contributed by atoms with Crippen LogP contribution in [-0.2, 0) is 4.79 Å². The van der Waals surface area contributed by atoms with Crippen molar-refractivity contribution in [2.45, 2.75) is 37.8 Å². The molecule has 3 rings (SSSR count). The molecular weight excluding hydrogens is 297 g/mol. The maximum atomic E-state index is 13.1. The smallest absolute Gasteiger partial charge is 0.251 e. The average molecular weight is 319 g/mol. The molecule has 0 radical (unpaired) electrons. The number of hydrogen-bond acceptors (Lipinski definition) is 3. The number of halogens is 1. The van der Waals surface area contributed by atoms with Gasteiger partial charge < -0.3 is 10.6 Å². The van der Waals surface area contributed by atoms with Crippen LogP contribution in [0, 0.1) is 5.82 Å². The molecule has 2 aliphatic rings. The Balaban J connectivity index is 1.41. The van der Waals surface area contributed by atoms with Crippen LogP contribution in [-0.4, -0.2) is 48.4 Å². The summed E-state index contributed by atoms with van der Waals surface area (Å²) in [4.78, 5) is 26.0. The van der Waals surface area contributed by atoms with Gasteiger partial charge in [-0.15, -0.1) is 0 Å². The zero-order valence-electron chi connectivity index (χ0n) is 13.1. The molecule has 2 fully saturated rings. The number of nitrogens with one attached hydrogen (secondary N) is 2. The molecule has 0 aromatic heterocycles. The van der Waals surface area contributed by atoms with Gasteiger partial charge in [0, 0.05) is 30.7 Å². The first-order valence-corrected chi connectivity index (χ1v) is 8.18. The molecule has 1 heterocycles. The quantitative estimate of drug-likeness (QED) is 0.860. The minimum Gasteiger partial charge on any atom is -0.352 e. The van der Waals surface area contributed by atoms with E-state index in [-0.39, 0.29) is 17.9 Å². The van der Waals surface area contributed by atoms with E-state index < -0.39 is 5.82 Å². The molecule has 1 aromatic rings. The third-order valence-corrected chi connectivity index (χ3v) is 4.32. The SMILES string of the molecule is O=C(CN1CCC(NC(=O)c2cccc(F)c2)CC1)NC1CC1. The molecule has 0 atom stereocenters. The summed E-state index contributed by atoms with van der Waals surface area (Å²) in [6.07, 6.45) is 3.80. The van der Waals surface area contributed by atoms with Crippen molar-refractivity contribution in [3.05, 3.63) is 35.6 Å². The van der Waals surface area contributed by atoms with Crippen LogP contribution in [0.5, 0.6) is 0 Å². The monoisotopic (exact) mass is 319 g/mol. The minimum atomic E-state index is -0.408. The Labute approximate surface area is 135 Å². The number of carbonyl (C=O) groups excluding carboxylic acids is 2. The Morgan fingerprint density at radius 1 is 1.09 bits per heavy atom. The highest BCUT2D eigenvalue weighted by atomic mass is 19.1. The van der Waals surface area contributed by atoms with Crippen LogP contribution in [0.25, 0.3) is 0 Å². The van der Waals surface area contributed by atoms with Crippen molar-refractivity contribution < 1.29 is 14.0 Å². The van der Waals surface area contributed by atoms with Gasteiger partial charge in [-0.05, 0) is 43.9 Å². The normalized spacial score (nSPS) is 19.3. The first-order chi connectivity index (χ1) is 11.1. The summed E-state index contributed by atoms with van der Waals surface area (Å²) >= 11 is 0. The standard InChI is InChI=1S/C17H22FN3O2/c18-13-3-1-2-12(10-13)17(23)20-15-6-8-21(9-7-15)11-16(22)19-14-4-5-14/h1-3,10,14-15H,4-9,11H2,(H,19,22)(H,20,23). The van der Waals surface area contributed by atoms with E-state index in [0.29, 0.717) is 18.2 Å². The van der Waals surface area contributed by atoms with E-state index in [2.05, 4.69) is 15.5 Å². The third-order valence-electron chi connectivity index (χ3n) is 4.32. The van der Waals surface area contributed by atoms with E-state index >= 15 is 0 Å². The lowest BCUT2D eigenvalue weighted by Gasteiger charge is -2.31. The number of benzene rings is 1. The van der Waals surface area contributed by atoms with Crippen LogP contribution in [0.15, 0.2) is 24.3 Å².